The number of halogens is 1. The molecule has 5 nitrogen and oxygen atoms in total. The molecule has 6 heteroatoms. The topological polar surface area (TPSA) is 78.8 Å². The number of aliphatic carboxylic acids is 1. The number of carboxylic acids is 1. The summed E-state index contributed by atoms with van der Waals surface area (Å²) >= 11 is 6.06. The molecular weight excluding hydrogens is 258 g/mol. The number of phenols is 1. The van der Waals surface area contributed by atoms with Crippen molar-refractivity contribution in [3.8, 4) is 11.5 Å². The van der Waals surface area contributed by atoms with Gasteiger partial charge in [-0.1, -0.05) is 11.6 Å². The molecule has 1 aliphatic heterocycles. The van der Waals surface area contributed by atoms with Crippen LogP contribution in [0.3, 0.4) is 0 Å². The summed E-state index contributed by atoms with van der Waals surface area (Å²) in [5, 5.41) is 22.0. The first-order valence-electron chi connectivity index (χ1n) is 5.55. The van der Waals surface area contributed by atoms with E-state index in [1.807, 2.05) is 0 Å². The number of carbonyl (C=O) groups is 1. The minimum atomic E-state index is -0.813. The Hall–Kier alpha value is -1.46. The van der Waals surface area contributed by atoms with Crippen LogP contribution in [0, 0.1) is 5.92 Å². The van der Waals surface area contributed by atoms with E-state index in [1.165, 1.54) is 13.2 Å². The molecule has 0 radical (unpaired) electrons. The molecule has 2 atom stereocenters. The number of hydrogen-bond donors (Lipinski definition) is 3. The van der Waals surface area contributed by atoms with Gasteiger partial charge in [-0.3, -0.25) is 4.79 Å². The van der Waals surface area contributed by atoms with Crippen molar-refractivity contribution in [2.75, 3.05) is 13.7 Å². The third-order valence-corrected chi connectivity index (χ3v) is 3.48. The first kappa shape index (κ1) is 13.0. The molecule has 1 aromatic carbocycles. The van der Waals surface area contributed by atoms with E-state index in [0.717, 1.165) is 5.56 Å². The van der Waals surface area contributed by atoms with Crippen molar-refractivity contribution >= 4 is 17.6 Å². The summed E-state index contributed by atoms with van der Waals surface area (Å²) in [7, 11) is 1.45. The second kappa shape index (κ2) is 5.04. The van der Waals surface area contributed by atoms with Gasteiger partial charge in [0.05, 0.1) is 13.0 Å². The lowest BCUT2D eigenvalue weighted by Gasteiger charge is -2.15. The van der Waals surface area contributed by atoms with E-state index in [0.29, 0.717) is 23.7 Å². The highest BCUT2D eigenvalue weighted by molar-refractivity contribution is 6.31. The zero-order valence-corrected chi connectivity index (χ0v) is 10.6. The summed E-state index contributed by atoms with van der Waals surface area (Å²) in [6, 6.07) is 2.92. The second-order valence-electron chi connectivity index (χ2n) is 4.28. The Morgan fingerprint density at radius 3 is 2.83 bits per heavy atom. The van der Waals surface area contributed by atoms with Crippen molar-refractivity contribution in [2.45, 2.75) is 12.5 Å². The molecule has 18 heavy (non-hydrogen) atoms. The van der Waals surface area contributed by atoms with Crippen LogP contribution in [0.4, 0.5) is 0 Å². The van der Waals surface area contributed by atoms with Gasteiger partial charge in [0.25, 0.3) is 0 Å². The van der Waals surface area contributed by atoms with E-state index in [9.17, 15) is 9.90 Å². The van der Waals surface area contributed by atoms with Crippen LogP contribution < -0.4 is 10.1 Å². The third-order valence-electron chi connectivity index (χ3n) is 3.15. The minimum Gasteiger partial charge on any atom is -0.504 e. The molecule has 0 bridgehead atoms. The third kappa shape index (κ3) is 2.37. The Kier molecular flexibility index (Phi) is 3.63. The van der Waals surface area contributed by atoms with Gasteiger partial charge in [-0.2, -0.15) is 0 Å². The Labute approximate surface area is 109 Å². The summed E-state index contributed by atoms with van der Waals surface area (Å²) in [6.07, 6.45) is 0.475. The first-order chi connectivity index (χ1) is 8.52. The molecule has 0 aliphatic carbocycles. The number of ether oxygens (including phenoxy) is 1. The zero-order chi connectivity index (χ0) is 13.3. The van der Waals surface area contributed by atoms with Crippen molar-refractivity contribution in [3.63, 3.8) is 0 Å². The molecule has 1 aliphatic rings. The lowest BCUT2D eigenvalue weighted by Crippen LogP contribution is -2.17. The molecule has 0 spiro atoms. The van der Waals surface area contributed by atoms with Gasteiger partial charge < -0.3 is 20.3 Å². The van der Waals surface area contributed by atoms with Gasteiger partial charge in [0.2, 0.25) is 0 Å². The molecule has 2 unspecified atom stereocenters. The molecule has 1 fully saturated rings. The highest BCUT2D eigenvalue weighted by Crippen LogP contribution is 2.38. The van der Waals surface area contributed by atoms with Gasteiger partial charge in [-0.25, -0.2) is 0 Å². The van der Waals surface area contributed by atoms with E-state index in [1.54, 1.807) is 6.07 Å². The predicted molar refractivity (Wildman–Crippen MR) is 66.2 cm³/mol. The Morgan fingerprint density at radius 1 is 1.56 bits per heavy atom. The van der Waals surface area contributed by atoms with E-state index >= 15 is 0 Å². The number of rotatable bonds is 3. The maximum atomic E-state index is 10.9. The number of hydrogen-bond acceptors (Lipinski definition) is 4. The average Bonchev–Trinajstić information content (AvgIpc) is 2.78. The van der Waals surface area contributed by atoms with E-state index in [4.69, 9.17) is 21.4 Å². The SMILES string of the molecule is COc1cc(C2CC(C(=O)O)CN2)c(Cl)cc1O. The Morgan fingerprint density at radius 2 is 2.28 bits per heavy atom. The fourth-order valence-electron chi connectivity index (χ4n) is 2.15. The van der Waals surface area contributed by atoms with Crippen molar-refractivity contribution in [3.05, 3.63) is 22.7 Å². The number of methoxy groups -OCH3 is 1. The molecule has 1 heterocycles. The van der Waals surface area contributed by atoms with Crippen LogP contribution in [0.5, 0.6) is 11.5 Å². The number of nitrogens with one attached hydrogen (secondary N) is 1. The van der Waals surface area contributed by atoms with Crippen LogP contribution >= 0.6 is 11.6 Å². The van der Waals surface area contributed by atoms with E-state index in [-0.39, 0.29) is 11.8 Å². The maximum absolute atomic E-state index is 10.9. The smallest absolute Gasteiger partial charge is 0.307 e. The lowest BCUT2D eigenvalue weighted by molar-refractivity contribution is -0.141. The molecule has 98 valence electrons. The Bertz CT molecular complexity index is 477. The van der Waals surface area contributed by atoms with Gasteiger partial charge in [0.15, 0.2) is 11.5 Å². The fourth-order valence-corrected chi connectivity index (χ4v) is 2.44. The summed E-state index contributed by atoms with van der Waals surface area (Å²) in [5.74, 6) is -0.924. The lowest BCUT2D eigenvalue weighted by atomic mass is 9.99. The molecular formula is C12H14ClNO4. The number of benzene rings is 1. The largest absolute Gasteiger partial charge is 0.504 e. The number of aromatic hydroxyl groups is 1. The summed E-state index contributed by atoms with van der Waals surface area (Å²) in [5.41, 5.74) is 0.745. The molecule has 0 aromatic heterocycles. The monoisotopic (exact) mass is 271 g/mol. The molecule has 3 N–H and O–H groups in total. The summed E-state index contributed by atoms with van der Waals surface area (Å²) in [6.45, 7) is 0.416. The van der Waals surface area contributed by atoms with Gasteiger partial charge in [-0.15, -0.1) is 0 Å². The highest BCUT2D eigenvalue weighted by Gasteiger charge is 2.31. The molecule has 0 saturated carbocycles. The standard InChI is InChI=1S/C12H14ClNO4/c1-18-11-3-7(8(13)4-10(11)15)9-2-6(5-14-9)12(16)17/h3-4,6,9,14-15H,2,5H2,1H3,(H,16,17). The molecule has 2 rings (SSSR count). The Balaban J connectivity index is 2.26. The van der Waals surface area contributed by atoms with Crippen molar-refractivity contribution < 1.29 is 19.7 Å². The van der Waals surface area contributed by atoms with Crippen LogP contribution in [-0.2, 0) is 4.79 Å². The van der Waals surface area contributed by atoms with Crippen LogP contribution in [0.25, 0.3) is 0 Å². The van der Waals surface area contributed by atoms with Crippen LogP contribution in [0.2, 0.25) is 5.02 Å². The van der Waals surface area contributed by atoms with Gasteiger partial charge in [0.1, 0.15) is 0 Å². The van der Waals surface area contributed by atoms with Crippen LogP contribution in [0.1, 0.15) is 18.0 Å². The van der Waals surface area contributed by atoms with Gasteiger partial charge in [0, 0.05) is 23.7 Å². The van der Waals surface area contributed by atoms with Crippen molar-refractivity contribution in [1.29, 1.82) is 0 Å². The zero-order valence-electron chi connectivity index (χ0n) is 9.81. The van der Waals surface area contributed by atoms with E-state index < -0.39 is 11.9 Å². The first-order valence-corrected chi connectivity index (χ1v) is 5.93. The van der Waals surface area contributed by atoms with Crippen LogP contribution in [-0.4, -0.2) is 29.8 Å². The van der Waals surface area contributed by atoms with Gasteiger partial charge >= 0.3 is 5.97 Å². The molecule has 1 saturated heterocycles. The quantitative estimate of drug-likeness (QED) is 0.781. The van der Waals surface area contributed by atoms with Crippen molar-refractivity contribution in [1.82, 2.24) is 5.32 Å². The van der Waals surface area contributed by atoms with Crippen molar-refractivity contribution in [2.24, 2.45) is 5.92 Å². The average molecular weight is 272 g/mol. The van der Waals surface area contributed by atoms with E-state index in [2.05, 4.69) is 5.32 Å². The number of carboxylic acid groups (broad SMARTS) is 1. The summed E-state index contributed by atoms with van der Waals surface area (Å²) < 4.78 is 5.02. The molecule has 0 amide bonds. The van der Waals surface area contributed by atoms with Crippen LogP contribution in [0.15, 0.2) is 12.1 Å². The minimum absolute atomic E-state index is 0.0287. The number of phenolic OH excluding ortho intramolecular Hbond substituents is 1. The summed E-state index contributed by atoms with van der Waals surface area (Å²) in [4.78, 5) is 10.9. The van der Waals surface area contributed by atoms with Gasteiger partial charge in [-0.05, 0) is 18.1 Å². The predicted octanol–water partition coefficient (Wildman–Crippen LogP) is 1.79. The highest BCUT2D eigenvalue weighted by atomic mass is 35.5. The molecule has 1 aromatic rings. The maximum Gasteiger partial charge on any atom is 0.307 e. The fraction of sp³-hybridized carbons (Fsp3) is 0.417. The normalized spacial score (nSPS) is 23.0. The second-order valence-corrected chi connectivity index (χ2v) is 4.68.